The molecule has 7 heteroatoms. The Labute approximate surface area is 106 Å². The molecule has 0 unspecified atom stereocenters. The van der Waals surface area contributed by atoms with E-state index in [1.807, 2.05) is 0 Å². The molecule has 0 bridgehead atoms. The van der Waals surface area contributed by atoms with Gasteiger partial charge in [0.15, 0.2) is 0 Å². The van der Waals surface area contributed by atoms with Gasteiger partial charge in [-0.15, -0.1) is 0 Å². The van der Waals surface area contributed by atoms with E-state index < -0.39 is 24.6 Å². The van der Waals surface area contributed by atoms with Crippen LogP contribution in [0.5, 0.6) is 0 Å². The number of hydrogen-bond donors (Lipinski definition) is 2. The fourth-order valence-electron chi connectivity index (χ4n) is 1.20. The van der Waals surface area contributed by atoms with Crippen LogP contribution < -0.4 is 0 Å². The third-order valence-corrected chi connectivity index (χ3v) is 2.64. The molecule has 0 aliphatic rings. The Balaban J connectivity index is 3.60. The highest BCUT2D eigenvalue weighted by atomic mass is 16.5. The standard InChI is InChI=1S/C11H21N3O4/c1-11(8-15,9-16)10(17)18-7-5-3-2-4-6-13-14-12/h15-16H,2-9H2,1H3. The number of hydrogen-bond acceptors (Lipinski definition) is 5. The normalized spacial score (nSPS) is 10.8. The first-order valence-corrected chi connectivity index (χ1v) is 6.00. The van der Waals surface area contributed by atoms with Gasteiger partial charge in [0.25, 0.3) is 0 Å². The van der Waals surface area contributed by atoms with E-state index in [1.54, 1.807) is 0 Å². The van der Waals surface area contributed by atoms with E-state index in [4.69, 9.17) is 20.5 Å². The van der Waals surface area contributed by atoms with E-state index >= 15 is 0 Å². The van der Waals surface area contributed by atoms with E-state index in [1.165, 1.54) is 6.92 Å². The number of aliphatic hydroxyl groups is 2. The van der Waals surface area contributed by atoms with Crippen molar-refractivity contribution in [1.29, 1.82) is 0 Å². The number of carbonyl (C=O) groups excluding carboxylic acids is 1. The van der Waals surface area contributed by atoms with Crippen LogP contribution in [0.25, 0.3) is 10.4 Å². The van der Waals surface area contributed by atoms with Crippen molar-refractivity contribution in [3.8, 4) is 0 Å². The zero-order chi connectivity index (χ0) is 13.9. The first-order chi connectivity index (χ1) is 8.60. The van der Waals surface area contributed by atoms with Gasteiger partial charge in [-0.25, -0.2) is 0 Å². The molecule has 2 N–H and O–H groups in total. The molecule has 0 aliphatic heterocycles. The lowest BCUT2D eigenvalue weighted by atomic mass is 9.93. The molecular formula is C11H21N3O4. The van der Waals surface area contributed by atoms with Crippen LogP contribution in [0.3, 0.4) is 0 Å². The fourth-order valence-corrected chi connectivity index (χ4v) is 1.20. The van der Waals surface area contributed by atoms with E-state index in [9.17, 15) is 4.79 Å². The van der Waals surface area contributed by atoms with Crippen molar-refractivity contribution in [2.24, 2.45) is 10.5 Å². The van der Waals surface area contributed by atoms with Crippen LogP contribution in [-0.2, 0) is 9.53 Å². The summed E-state index contributed by atoms with van der Waals surface area (Å²) in [7, 11) is 0. The fraction of sp³-hybridized carbons (Fsp3) is 0.909. The van der Waals surface area contributed by atoms with E-state index in [0.717, 1.165) is 25.7 Å². The monoisotopic (exact) mass is 259 g/mol. The first-order valence-electron chi connectivity index (χ1n) is 6.00. The highest BCUT2D eigenvalue weighted by molar-refractivity contribution is 5.76. The lowest BCUT2D eigenvalue weighted by Crippen LogP contribution is -2.37. The van der Waals surface area contributed by atoms with Crippen molar-refractivity contribution >= 4 is 5.97 Å². The summed E-state index contributed by atoms with van der Waals surface area (Å²) in [5, 5.41) is 21.4. The predicted octanol–water partition coefficient (Wildman–Crippen LogP) is 1.39. The van der Waals surface area contributed by atoms with Crippen molar-refractivity contribution in [2.75, 3.05) is 26.4 Å². The van der Waals surface area contributed by atoms with Gasteiger partial charge in [0.2, 0.25) is 0 Å². The Morgan fingerprint density at radius 1 is 1.28 bits per heavy atom. The second kappa shape index (κ2) is 9.70. The van der Waals surface area contributed by atoms with Crippen LogP contribution in [0.15, 0.2) is 5.11 Å². The van der Waals surface area contributed by atoms with Gasteiger partial charge in [0, 0.05) is 11.5 Å². The van der Waals surface area contributed by atoms with E-state index in [0.29, 0.717) is 6.54 Å². The number of azide groups is 1. The highest BCUT2D eigenvalue weighted by Crippen LogP contribution is 2.16. The van der Waals surface area contributed by atoms with Gasteiger partial charge >= 0.3 is 5.97 Å². The van der Waals surface area contributed by atoms with Gasteiger partial charge in [-0.1, -0.05) is 18.0 Å². The molecule has 0 saturated carbocycles. The summed E-state index contributed by atoms with van der Waals surface area (Å²) in [6, 6.07) is 0. The second-order valence-electron chi connectivity index (χ2n) is 4.38. The third kappa shape index (κ3) is 6.44. The summed E-state index contributed by atoms with van der Waals surface area (Å²) in [5.74, 6) is -0.582. The number of nitrogens with zero attached hydrogens (tertiary/aromatic N) is 3. The van der Waals surface area contributed by atoms with E-state index in [-0.39, 0.29) is 6.61 Å². The Bertz CT molecular complexity index is 286. The zero-order valence-corrected chi connectivity index (χ0v) is 10.7. The van der Waals surface area contributed by atoms with Crippen LogP contribution in [0.1, 0.15) is 32.6 Å². The van der Waals surface area contributed by atoms with Crippen LogP contribution >= 0.6 is 0 Å². The molecule has 104 valence electrons. The highest BCUT2D eigenvalue weighted by Gasteiger charge is 2.33. The molecule has 0 aliphatic carbocycles. The molecule has 0 aromatic heterocycles. The largest absolute Gasteiger partial charge is 0.465 e. The first kappa shape index (κ1) is 16.7. The topological polar surface area (TPSA) is 116 Å². The quantitative estimate of drug-likeness (QED) is 0.203. The molecule has 0 atom stereocenters. The Hall–Kier alpha value is -1.30. The second-order valence-corrected chi connectivity index (χ2v) is 4.38. The maximum Gasteiger partial charge on any atom is 0.316 e. The minimum Gasteiger partial charge on any atom is -0.465 e. The van der Waals surface area contributed by atoms with Gasteiger partial charge in [0.1, 0.15) is 5.41 Å². The third-order valence-electron chi connectivity index (χ3n) is 2.64. The number of esters is 1. The van der Waals surface area contributed by atoms with Crippen molar-refractivity contribution in [2.45, 2.75) is 32.6 Å². The summed E-state index contributed by atoms with van der Waals surface area (Å²) in [6.45, 7) is 1.34. The van der Waals surface area contributed by atoms with Crippen LogP contribution in [0.4, 0.5) is 0 Å². The molecule has 0 fully saturated rings. The number of carbonyl (C=O) groups is 1. The average molecular weight is 259 g/mol. The zero-order valence-electron chi connectivity index (χ0n) is 10.7. The van der Waals surface area contributed by atoms with Gasteiger partial charge in [0.05, 0.1) is 19.8 Å². The Morgan fingerprint density at radius 2 is 1.89 bits per heavy atom. The molecule has 0 radical (unpaired) electrons. The van der Waals surface area contributed by atoms with Gasteiger partial charge in [-0.05, 0) is 25.3 Å². The summed E-state index contributed by atoms with van der Waals surface area (Å²) < 4.78 is 4.98. The molecule has 18 heavy (non-hydrogen) atoms. The SMILES string of the molecule is CC(CO)(CO)C(=O)OCCCCCCN=[N+]=[N-]. The van der Waals surface area contributed by atoms with Gasteiger partial charge in [-0.3, -0.25) is 4.79 Å². The summed E-state index contributed by atoms with van der Waals surface area (Å²) in [6.07, 6.45) is 3.33. The van der Waals surface area contributed by atoms with E-state index in [2.05, 4.69) is 10.0 Å². The molecule has 7 nitrogen and oxygen atoms in total. The number of unbranched alkanes of at least 4 members (excludes halogenated alkanes) is 3. The maximum absolute atomic E-state index is 11.5. The molecule has 0 aromatic rings. The molecule has 0 spiro atoms. The number of rotatable bonds is 10. The molecular weight excluding hydrogens is 238 g/mol. The molecule has 0 heterocycles. The Kier molecular flexibility index (Phi) is 9.00. The van der Waals surface area contributed by atoms with Crippen LogP contribution in [0.2, 0.25) is 0 Å². The number of aliphatic hydroxyl groups excluding tert-OH is 2. The summed E-state index contributed by atoms with van der Waals surface area (Å²) >= 11 is 0. The molecule has 0 saturated heterocycles. The lowest BCUT2D eigenvalue weighted by molar-refractivity contribution is -0.160. The average Bonchev–Trinajstić information content (AvgIpc) is 2.40. The van der Waals surface area contributed by atoms with Crippen molar-refractivity contribution < 1.29 is 19.7 Å². The van der Waals surface area contributed by atoms with Crippen LogP contribution in [-0.4, -0.2) is 42.5 Å². The van der Waals surface area contributed by atoms with Crippen molar-refractivity contribution in [3.05, 3.63) is 10.4 Å². The van der Waals surface area contributed by atoms with Crippen LogP contribution in [0, 0.1) is 5.41 Å². The van der Waals surface area contributed by atoms with Crippen molar-refractivity contribution in [1.82, 2.24) is 0 Å². The van der Waals surface area contributed by atoms with Gasteiger partial charge in [-0.2, -0.15) is 0 Å². The Morgan fingerprint density at radius 3 is 2.44 bits per heavy atom. The smallest absolute Gasteiger partial charge is 0.316 e. The summed E-state index contributed by atoms with van der Waals surface area (Å²) in [4.78, 5) is 14.2. The molecule has 0 rings (SSSR count). The predicted molar refractivity (Wildman–Crippen MR) is 65.7 cm³/mol. The maximum atomic E-state index is 11.5. The van der Waals surface area contributed by atoms with Gasteiger partial charge < -0.3 is 14.9 Å². The molecule has 0 amide bonds. The summed E-state index contributed by atoms with van der Waals surface area (Å²) in [5.41, 5.74) is 6.83. The lowest BCUT2D eigenvalue weighted by Gasteiger charge is -2.22. The van der Waals surface area contributed by atoms with Crippen molar-refractivity contribution in [3.63, 3.8) is 0 Å². The minimum atomic E-state index is -1.22. The molecule has 0 aromatic carbocycles. The number of ether oxygens (including phenoxy) is 1. The minimum absolute atomic E-state index is 0.274.